The van der Waals surface area contributed by atoms with Gasteiger partial charge >= 0.3 is 5.97 Å². The minimum atomic E-state index is -0.484. The zero-order valence-corrected chi connectivity index (χ0v) is 15.8. The Bertz CT molecular complexity index is 967. The molecule has 0 fully saturated rings. The van der Waals surface area contributed by atoms with Gasteiger partial charge in [0.2, 0.25) is 0 Å². The monoisotopic (exact) mass is 379 g/mol. The van der Waals surface area contributed by atoms with Crippen molar-refractivity contribution in [2.75, 3.05) is 14.2 Å². The largest absolute Gasteiger partial charge is 0.493 e. The zero-order chi connectivity index (χ0) is 19.5. The molecule has 0 N–H and O–H groups in total. The van der Waals surface area contributed by atoms with Crippen molar-refractivity contribution in [2.24, 2.45) is 0 Å². The Morgan fingerprint density at radius 3 is 2.54 bits per heavy atom. The van der Waals surface area contributed by atoms with Crippen LogP contribution in [0.2, 0.25) is 0 Å². The van der Waals surface area contributed by atoms with Crippen LogP contribution in [0.25, 0.3) is 0 Å². The molecule has 0 saturated carbocycles. The highest BCUT2D eigenvalue weighted by atomic mass is 16.6. The van der Waals surface area contributed by atoms with Gasteiger partial charge in [-0.1, -0.05) is 24.3 Å². The number of benzene rings is 2. The number of carbonyl (C=O) groups excluding carboxylic acids is 1. The van der Waals surface area contributed by atoms with Gasteiger partial charge in [-0.3, -0.25) is 4.90 Å². The van der Waals surface area contributed by atoms with Gasteiger partial charge in [0, 0.05) is 12.1 Å². The molecule has 6 heteroatoms. The van der Waals surface area contributed by atoms with Crippen LogP contribution in [0.4, 0.5) is 0 Å². The minimum Gasteiger partial charge on any atom is -0.493 e. The van der Waals surface area contributed by atoms with E-state index in [0.29, 0.717) is 30.2 Å². The van der Waals surface area contributed by atoms with Crippen LogP contribution in [0.15, 0.2) is 65.3 Å². The molecule has 0 saturated heterocycles. The van der Waals surface area contributed by atoms with Crippen LogP contribution in [0.3, 0.4) is 0 Å². The molecule has 1 aromatic heterocycles. The van der Waals surface area contributed by atoms with Crippen molar-refractivity contribution in [3.05, 3.63) is 83.3 Å². The van der Waals surface area contributed by atoms with Gasteiger partial charge in [0.05, 0.1) is 32.6 Å². The SMILES string of the molecule is COc1ccc(CN(Cc2ccco2)C2OC(=O)c3ccccc32)cc1OC. The Kier molecular flexibility index (Phi) is 5.04. The molecule has 1 unspecified atom stereocenters. The highest BCUT2D eigenvalue weighted by Crippen LogP contribution is 2.36. The smallest absolute Gasteiger partial charge is 0.340 e. The summed E-state index contributed by atoms with van der Waals surface area (Å²) < 4.78 is 22.0. The van der Waals surface area contributed by atoms with Crippen LogP contribution in [0, 0.1) is 0 Å². The van der Waals surface area contributed by atoms with E-state index in [9.17, 15) is 4.79 Å². The van der Waals surface area contributed by atoms with Crippen LogP contribution in [-0.4, -0.2) is 25.1 Å². The van der Waals surface area contributed by atoms with Crippen molar-refractivity contribution in [1.29, 1.82) is 0 Å². The highest BCUT2D eigenvalue weighted by Gasteiger charge is 2.35. The van der Waals surface area contributed by atoms with Crippen LogP contribution in [0.1, 0.15) is 33.5 Å². The topological polar surface area (TPSA) is 61.1 Å². The summed E-state index contributed by atoms with van der Waals surface area (Å²) in [5.41, 5.74) is 2.47. The van der Waals surface area contributed by atoms with Crippen LogP contribution < -0.4 is 9.47 Å². The third-order valence-corrected chi connectivity index (χ3v) is 4.77. The second-order valence-corrected chi connectivity index (χ2v) is 6.52. The molecular formula is C22H21NO5. The van der Waals surface area contributed by atoms with Crippen molar-refractivity contribution in [2.45, 2.75) is 19.3 Å². The van der Waals surface area contributed by atoms with E-state index in [0.717, 1.165) is 16.9 Å². The van der Waals surface area contributed by atoms with E-state index < -0.39 is 6.23 Å². The molecule has 0 radical (unpaired) electrons. The number of esters is 1. The fourth-order valence-electron chi connectivity index (χ4n) is 3.44. The molecule has 4 rings (SSSR count). The van der Waals surface area contributed by atoms with E-state index in [2.05, 4.69) is 4.90 Å². The first-order chi connectivity index (χ1) is 13.7. The molecule has 28 heavy (non-hydrogen) atoms. The Hall–Kier alpha value is -3.25. The van der Waals surface area contributed by atoms with Gasteiger partial charge in [0.15, 0.2) is 17.7 Å². The van der Waals surface area contributed by atoms with Crippen molar-refractivity contribution in [3.63, 3.8) is 0 Å². The Morgan fingerprint density at radius 2 is 1.79 bits per heavy atom. The molecule has 2 heterocycles. The lowest BCUT2D eigenvalue weighted by Crippen LogP contribution is -2.28. The fourth-order valence-corrected chi connectivity index (χ4v) is 3.44. The molecule has 6 nitrogen and oxygen atoms in total. The third-order valence-electron chi connectivity index (χ3n) is 4.77. The maximum Gasteiger partial charge on any atom is 0.340 e. The molecule has 2 aromatic carbocycles. The standard InChI is InChI=1S/C22H21NO5/c1-25-19-10-9-15(12-20(19)26-2)13-23(14-16-6-5-11-27-16)21-17-7-3-4-8-18(17)22(24)28-21/h3-12,21H,13-14H2,1-2H3. The van der Waals surface area contributed by atoms with Gasteiger partial charge in [0.25, 0.3) is 0 Å². The summed E-state index contributed by atoms with van der Waals surface area (Å²) in [5, 5.41) is 0. The van der Waals surface area contributed by atoms with Gasteiger partial charge in [0.1, 0.15) is 5.76 Å². The number of carbonyl (C=O) groups is 1. The van der Waals surface area contributed by atoms with Crippen molar-refractivity contribution in [1.82, 2.24) is 4.90 Å². The minimum absolute atomic E-state index is 0.308. The summed E-state index contributed by atoms with van der Waals surface area (Å²) in [7, 11) is 3.22. The lowest BCUT2D eigenvalue weighted by Gasteiger charge is -2.27. The number of hydrogen-bond acceptors (Lipinski definition) is 6. The number of furan rings is 1. The Labute approximate surface area is 163 Å². The average molecular weight is 379 g/mol. The van der Waals surface area contributed by atoms with E-state index in [1.165, 1.54) is 0 Å². The van der Waals surface area contributed by atoms with E-state index in [1.54, 1.807) is 26.5 Å². The summed E-state index contributed by atoms with van der Waals surface area (Å²) in [6.45, 7) is 1.03. The lowest BCUT2D eigenvalue weighted by atomic mass is 10.1. The molecule has 0 aliphatic carbocycles. The van der Waals surface area contributed by atoms with E-state index in [1.807, 2.05) is 48.5 Å². The molecule has 1 aliphatic heterocycles. The van der Waals surface area contributed by atoms with Gasteiger partial charge in [-0.05, 0) is 35.9 Å². The number of hydrogen-bond donors (Lipinski definition) is 0. The average Bonchev–Trinajstić information content (AvgIpc) is 3.35. The van der Waals surface area contributed by atoms with Gasteiger partial charge in [-0.25, -0.2) is 4.79 Å². The molecule has 0 bridgehead atoms. The van der Waals surface area contributed by atoms with Gasteiger partial charge < -0.3 is 18.6 Å². The first kappa shape index (κ1) is 18.1. The van der Waals surface area contributed by atoms with Crippen LogP contribution in [-0.2, 0) is 17.8 Å². The lowest BCUT2D eigenvalue weighted by molar-refractivity contribution is -0.0335. The summed E-state index contributed by atoms with van der Waals surface area (Å²) in [5.74, 6) is 1.81. The Morgan fingerprint density at radius 1 is 0.964 bits per heavy atom. The normalized spacial score (nSPS) is 15.4. The fraction of sp³-hybridized carbons (Fsp3) is 0.227. The molecule has 1 atom stereocenters. The number of methoxy groups -OCH3 is 2. The number of rotatable bonds is 7. The summed E-state index contributed by atoms with van der Waals surface area (Å²) in [4.78, 5) is 14.4. The highest BCUT2D eigenvalue weighted by molar-refractivity contribution is 5.93. The maximum absolute atomic E-state index is 12.3. The zero-order valence-electron chi connectivity index (χ0n) is 15.8. The Balaban J connectivity index is 1.66. The number of fused-ring (bicyclic) bond motifs is 1. The second-order valence-electron chi connectivity index (χ2n) is 6.52. The summed E-state index contributed by atoms with van der Waals surface area (Å²) >= 11 is 0. The number of cyclic esters (lactones) is 1. The quantitative estimate of drug-likeness (QED) is 0.574. The third kappa shape index (κ3) is 3.46. The summed E-state index contributed by atoms with van der Waals surface area (Å²) in [6, 6.07) is 17.0. The maximum atomic E-state index is 12.3. The predicted octanol–water partition coefficient (Wildman–Crippen LogP) is 4.17. The molecule has 3 aromatic rings. The van der Waals surface area contributed by atoms with E-state index in [-0.39, 0.29) is 5.97 Å². The first-order valence-electron chi connectivity index (χ1n) is 8.97. The molecule has 144 valence electrons. The first-order valence-corrected chi connectivity index (χ1v) is 8.97. The molecule has 0 spiro atoms. The predicted molar refractivity (Wildman–Crippen MR) is 102 cm³/mol. The summed E-state index contributed by atoms with van der Waals surface area (Å²) in [6.07, 6.45) is 1.15. The van der Waals surface area contributed by atoms with Crippen LogP contribution >= 0.6 is 0 Å². The van der Waals surface area contributed by atoms with Crippen LogP contribution in [0.5, 0.6) is 11.5 Å². The number of nitrogens with zero attached hydrogens (tertiary/aromatic N) is 1. The molecule has 1 aliphatic rings. The van der Waals surface area contributed by atoms with Crippen molar-refractivity contribution >= 4 is 5.97 Å². The number of ether oxygens (including phenoxy) is 3. The van der Waals surface area contributed by atoms with Crippen molar-refractivity contribution in [3.8, 4) is 11.5 Å². The second kappa shape index (κ2) is 7.78. The van der Waals surface area contributed by atoms with Crippen molar-refractivity contribution < 1.29 is 23.4 Å². The molecular weight excluding hydrogens is 358 g/mol. The van der Waals surface area contributed by atoms with Gasteiger partial charge in [-0.15, -0.1) is 0 Å². The molecule has 0 amide bonds. The van der Waals surface area contributed by atoms with E-state index in [4.69, 9.17) is 18.6 Å². The van der Waals surface area contributed by atoms with E-state index >= 15 is 0 Å². The van der Waals surface area contributed by atoms with Gasteiger partial charge in [-0.2, -0.15) is 0 Å².